The van der Waals surface area contributed by atoms with Crippen molar-refractivity contribution >= 4 is 34.9 Å². The van der Waals surface area contributed by atoms with Gasteiger partial charge in [0, 0.05) is 28.1 Å². The average molecular weight is 433 g/mol. The van der Waals surface area contributed by atoms with Crippen LogP contribution in [-0.4, -0.2) is 22.8 Å². The van der Waals surface area contributed by atoms with Crippen molar-refractivity contribution < 1.29 is 14.3 Å². The molecule has 4 nitrogen and oxygen atoms in total. The summed E-state index contributed by atoms with van der Waals surface area (Å²) < 4.78 is 13.6. The summed E-state index contributed by atoms with van der Waals surface area (Å²) in [4.78, 5) is 16.9. The number of aliphatic imine (C=N–C) groups is 1. The van der Waals surface area contributed by atoms with Gasteiger partial charge in [0.2, 0.25) is 0 Å². The third kappa shape index (κ3) is 3.88. The smallest absolute Gasteiger partial charge is 0.312 e. The van der Waals surface area contributed by atoms with Crippen LogP contribution in [0, 0.1) is 28.5 Å². The van der Waals surface area contributed by atoms with Crippen LogP contribution in [0.1, 0.15) is 30.9 Å². The van der Waals surface area contributed by atoms with Crippen LogP contribution in [0.15, 0.2) is 47.5 Å². The van der Waals surface area contributed by atoms with Crippen molar-refractivity contribution in [3.63, 3.8) is 0 Å². The first kappa shape index (κ1) is 21.3. The SMILES string of the molecule is CC1N=C(Cc2ccc(Cl)cc2)C(C#N)C(c2ccc(F)cc2Cl)C1(C)C(=O)O. The number of hydrogen-bond acceptors (Lipinski definition) is 3. The molecular formula is C22H19Cl2FN2O2. The van der Waals surface area contributed by atoms with Crippen LogP contribution < -0.4 is 0 Å². The Bertz CT molecular complexity index is 1020. The number of carboxylic acid groups (broad SMARTS) is 1. The molecule has 0 bridgehead atoms. The normalized spacial score (nSPS) is 26.5. The van der Waals surface area contributed by atoms with E-state index in [0.717, 1.165) is 11.6 Å². The fourth-order valence-corrected chi connectivity index (χ4v) is 4.36. The maximum atomic E-state index is 13.6. The lowest BCUT2D eigenvalue weighted by Crippen LogP contribution is -2.50. The molecule has 7 heteroatoms. The summed E-state index contributed by atoms with van der Waals surface area (Å²) in [5.41, 5.74) is 0.528. The van der Waals surface area contributed by atoms with E-state index in [0.29, 0.717) is 22.7 Å². The van der Waals surface area contributed by atoms with E-state index in [1.807, 2.05) is 12.1 Å². The number of carboxylic acids is 1. The molecule has 0 spiro atoms. The summed E-state index contributed by atoms with van der Waals surface area (Å²) >= 11 is 12.2. The highest BCUT2D eigenvalue weighted by Crippen LogP contribution is 2.50. The van der Waals surface area contributed by atoms with Crippen molar-refractivity contribution in [3.05, 3.63) is 69.5 Å². The van der Waals surface area contributed by atoms with E-state index in [1.165, 1.54) is 12.1 Å². The predicted molar refractivity (Wildman–Crippen MR) is 111 cm³/mol. The molecule has 2 aromatic rings. The number of nitrogens with zero attached hydrogens (tertiary/aromatic N) is 2. The first-order valence-electron chi connectivity index (χ1n) is 9.07. The van der Waals surface area contributed by atoms with Crippen molar-refractivity contribution in [2.24, 2.45) is 16.3 Å². The van der Waals surface area contributed by atoms with Crippen LogP contribution in [0.2, 0.25) is 10.0 Å². The Morgan fingerprint density at radius 1 is 1.28 bits per heavy atom. The molecule has 2 aromatic carbocycles. The van der Waals surface area contributed by atoms with E-state index >= 15 is 0 Å². The Balaban J connectivity index is 2.14. The van der Waals surface area contributed by atoms with Gasteiger partial charge in [0.15, 0.2) is 0 Å². The van der Waals surface area contributed by atoms with Crippen molar-refractivity contribution in [1.82, 2.24) is 0 Å². The van der Waals surface area contributed by atoms with Crippen LogP contribution in [-0.2, 0) is 11.2 Å². The molecule has 150 valence electrons. The van der Waals surface area contributed by atoms with Crippen molar-refractivity contribution in [1.29, 1.82) is 5.26 Å². The van der Waals surface area contributed by atoms with E-state index in [2.05, 4.69) is 11.1 Å². The minimum absolute atomic E-state index is 0.0997. The number of aliphatic carboxylic acids is 1. The minimum atomic E-state index is -1.38. The maximum Gasteiger partial charge on any atom is 0.312 e. The Kier molecular flexibility index (Phi) is 5.97. The molecule has 0 amide bonds. The molecule has 0 fully saturated rings. The van der Waals surface area contributed by atoms with Gasteiger partial charge in [0.1, 0.15) is 5.82 Å². The maximum absolute atomic E-state index is 13.6. The van der Waals surface area contributed by atoms with Crippen LogP contribution in [0.3, 0.4) is 0 Å². The van der Waals surface area contributed by atoms with E-state index in [4.69, 9.17) is 23.2 Å². The van der Waals surface area contributed by atoms with Gasteiger partial charge in [-0.15, -0.1) is 0 Å². The lowest BCUT2D eigenvalue weighted by atomic mass is 9.61. The van der Waals surface area contributed by atoms with Gasteiger partial charge in [0.25, 0.3) is 0 Å². The summed E-state index contributed by atoms with van der Waals surface area (Å²) in [6.45, 7) is 3.28. The van der Waals surface area contributed by atoms with Gasteiger partial charge in [-0.2, -0.15) is 5.26 Å². The minimum Gasteiger partial charge on any atom is -0.481 e. The molecule has 1 N–H and O–H groups in total. The molecule has 1 aliphatic heterocycles. The second kappa shape index (κ2) is 8.14. The quantitative estimate of drug-likeness (QED) is 0.689. The van der Waals surface area contributed by atoms with Gasteiger partial charge in [0.05, 0.1) is 23.4 Å². The topological polar surface area (TPSA) is 73.5 Å². The fraction of sp³-hybridized carbons (Fsp3) is 0.318. The molecule has 0 aliphatic carbocycles. The van der Waals surface area contributed by atoms with Crippen molar-refractivity contribution in [3.8, 4) is 6.07 Å². The third-order valence-electron chi connectivity index (χ3n) is 5.76. The molecule has 0 aromatic heterocycles. The number of hydrogen-bond donors (Lipinski definition) is 1. The summed E-state index contributed by atoms with van der Waals surface area (Å²) in [5.74, 6) is -3.22. The Morgan fingerprint density at radius 2 is 1.93 bits per heavy atom. The number of benzene rings is 2. The third-order valence-corrected chi connectivity index (χ3v) is 6.34. The number of nitriles is 1. The van der Waals surface area contributed by atoms with E-state index in [1.54, 1.807) is 26.0 Å². The van der Waals surface area contributed by atoms with Crippen LogP contribution in [0.4, 0.5) is 4.39 Å². The van der Waals surface area contributed by atoms with Gasteiger partial charge in [-0.3, -0.25) is 9.79 Å². The summed E-state index contributed by atoms with van der Waals surface area (Å²) in [5, 5.41) is 20.7. The monoisotopic (exact) mass is 432 g/mol. The number of rotatable bonds is 4. The first-order valence-corrected chi connectivity index (χ1v) is 9.83. The zero-order chi connectivity index (χ0) is 21.3. The van der Waals surface area contributed by atoms with Gasteiger partial charge >= 0.3 is 5.97 Å². The van der Waals surface area contributed by atoms with Gasteiger partial charge in [-0.05, 0) is 49.2 Å². The van der Waals surface area contributed by atoms with Crippen LogP contribution in [0.5, 0.6) is 0 Å². The lowest BCUT2D eigenvalue weighted by Gasteiger charge is -2.44. The standard InChI is InChI=1S/C22H19Cl2FN2O2/c1-12-22(2,21(28)29)20(16-8-7-15(25)10-18(16)24)17(11-26)19(27-12)9-13-3-5-14(23)6-4-13/h3-8,10,12,17,20H,9H2,1-2H3,(H,28,29). The molecule has 1 aliphatic rings. The van der Waals surface area contributed by atoms with E-state index < -0.39 is 35.1 Å². The summed E-state index contributed by atoms with van der Waals surface area (Å²) in [6, 6.07) is 12.6. The molecule has 0 radical (unpaired) electrons. The Labute approximate surface area is 178 Å². The molecule has 1 heterocycles. The van der Waals surface area contributed by atoms with Gasteiger partial charge in [-0.1, -0.05) is 41.4 Å². The predicted octanol–water partition coefficient (Wildman–Crippen LogP) is 5.53. The van der Waals surface area contributed by atoms with Crippen molar-refractivity contribution in [2.75, 3.05) is 0 Å². The number of carbonyl (C=O) groups is 1. The van der Waals surface area contributed by atoms with Gasteiger partial charge < -0.3 is 5.11 Å². The highest BCUT2D eigenvalue weighted by atomic mass is 35.5. The molecule has 0 saturated heterocycles. The van der Waals surface area contributed by atoms with Crippen molar-refractivity contribution in [2.45, 2.75) is 32.2 Å². The summed E-state index contributed by atoms with van der Waals surface area (Å²) in [6.07, 6.45) is 0.380. The fourth-order valence-electron chi connectivity index (χ4n) is 3.95. The molecule has 4 unspecified atom stereocenters. The second-order valence-electron chi connectivity index (χ2n) is 7.44. The molecule has 0 saturated carbocycles. The second-order valence-corrected chi connectivity index (χ2v) is 8.28. The Morgan fingerprint density at radius 3 is 2.48 bits per heavy atom. The lowest BCUT2D eigenvalue weighted by molar-refractivity contribution is -0.151. The Hall–Kier alpha value is -2.42. The zero-order valence-electron chi connectivity index (χ0n) is 15.9. The zero-order valence-corrected chi connectivity index (χ0v) is 17.4. The number of halogens is 3. The highest BCUT2D eigenvalue weighted by Gasteiger charge is 2.54. The van der Waals surface area contributed by atoms with E-state index in [-0.39, 0.29) is 5.02 Å². The van der Waals surface area contributed by atoms with E-state index in [9.17, 15) is 19.6 Å². The van der Waals surface area contributed by atoms with Gasteiger partial charge in [-0.25, -0.2) is 4.39 Å². The molecule has 3 rings (SSSR count). The first-order chi connectivity index (χ1) is 13.7. The highest BCUT2D eigenvalue weighted by molar-refractivity contribution is 6.31. The average Bonchev–Trinajstić information content (AvgIpc) is 2.66. The molecule has 4 atom stereocenters. The van der Waals surface area contributed by atoms with Crippen LogP contribution in [0.25, 0.3) is 0 Å². The molecule has 29 heavy (non-hydrogen) atoms. The van der Waals surface area contributed by atoms with Crippen LogP contribution >= 0.6 is 23.2 Å². The largest absolute Gasteiger partial charge is 0.481 e. The summed E-state index contributed by atoms with van der Waals surface area (Å²) in [7, 11) is 0. The molecular weight excluding hydrogens is 414 g/mol.